The predicted molar refractivity (Wildman–Crippen MR) is 62.2 cm³/mol. The zero-order chi connectivity index (χ0) is 13.0. The fourth-order valence-electron chi connectivity index (χ4n) is 1.27. The lowest BCUT2D eigenvalue weighted by atomic mass is 10.1. The first-order chi connectivity index (χ1) is 7.95. The second kappa shape index (κ2) is 5.20. The maximum Gasteiger partial charge on any atom is 0.325 e. The highest BCUT2D eigenvalue weighted by atomic mass is 16.5. The molecule has 1 rings (SSSR count). The molecule has 0 aromatic heterocycles. The molecule has 17 heavy (non-hydrogen) atoms. The van der Waals surface area contributed by atoms with E-state index in [1.807, 2.05) is 0 Å². The van der Waals surface area contributed by atoms with Gasteiger partial charge in [-0.05, 0) is 25.1 Å². The zero-order valence-corrected chi connectivity index (χ0v) is 9.56. The van der Waals surface area contributed by atoms with Crippen LogP contribution in [-0.2, 0) is 4.79 Å². The quantitative estimate of drug-likeness (QED) is 0.700. The summed E-state index contributed by atoms with van der Waals surface area (Å²) in [7, 11) is 1.45. The van der Waals surface area contributed by atoms with Crippen molar-refractivity contribution < 1.29 is 19.4 Å². The molecule has 0 aliphatic heterocycles. The molecule has 4 N–H and O–H groups in total. The average Bonchev–Trinajstić information content (AvgIpc) is 2.28. The number of hydrogen-bond donors (Lipinski definition) is 3. The molecule has 0 fully saturated rings. The molecule has 0 saturated heterocycles. The van der Waals surface area contributed by atoms with Crippen molar-refractivity contribution in [3.05, 3.63) is 23.8 Å². The van der Waals surface area contributed by atoms with Crippen LogP contribution < -0.4 is 15.8 Å². The zero-order valence-electron chi connectivity index (χ0n) is 9.56. The van der Waals surface area contributed by atoms with E-state index in [0.717, 1.165) is 0 Å². The third kappa shape index (κ3) is 3.10. The fourth-order valence-corrected chi connectivity index (χ4v) is 1.27. The van der Waals surface area contributed by atoms with Gasteiger partial charge in [-0.1, -0.05) is 0 Å². The summed E-state index contributed by atoms with van der Waals surface area (Å²) in [5.41, 5.74) is 5.84. The number of carboxylic acids is 1. The van der Waals surface area contributed by atoms with E-state index in [-0.39, 0.29) is 5.56 Å². The number of carbonyl (C=O) groups excluding carboxylic acids is 1. The minimum atomic E-state index is -1.00. The number of rotatable bonds is 5. The summed E-state index contributed by atoms with van der Waals surface area (Å²) in [6.45, 7) is 1.48. The fraction of sp³-hybridized carbons (Fsp3) is 0.273. The Hall–Kier alpha value is -2.24. The largest absolute Gasteiger partial charge is 0.495 e. The molecule has 1 aromatic carbocycles. The molecule has 0 bridgehead atoms. The summed E-state index contributed by atoms with van der Waals surface area (Å²) in [6, 6.07) is 3.72. The number of methoxy groups -OCH3 is 1. The Bertz CT molecular complexity index is 445. The Labute approximate surface area is 98.4 Å². The number of primary amides is 1. The Morgan fingerprint density at radius 2 is 2.12 bits per heavy atom. The van der Waals surface area contributed by atoms with Crippen LogP contribution in [0.15, 0.2) is 18.2 Å². The Balaban J connectivity index is 3.06. The standard InChI is InChI=1S/C11H14N2O4/c1-6(11(15)16)13-8-5-7(10(12)14)3-4-9(8)17-2/h3-6,13H,1-2H3,(H2,12,14)(H,15,16). The maximum atomic E-state index is 11.0. The van der Waals surface area contributed by atoms with Crippen molar-refractivity contribution in [2.45, 2.75) is 13.0 Å². The molecule has 0 aliphatic carbocycles. The SMILES string of the molecule is COc1ccc(C(N)=O)cc1NC(C)C(=O)O. The molecule has 1 unspecified atom stereocenters. The van der Waals surface area contributed by atoms with Gasteiger partial charge in [0.15, 0.2) is 0 Å². The highest BCUT2D eigenvalue weighted by molar-refractivity contribution is 5.94. The number of amides is 1. The summed E-state index contributed by atoms with van der Waals surface area (Å²) in [5.74, 6) is -1.14. The van der Waals surface area contributed by atoms with Crippen LogP contribution in [0.1, 0.15) is 17.3 Å². The summed E-state index contributed by atoms with van der Waals surface area (Å²) in [6.07, 6.45) is 0. The molecule has 6 nitrogen and oxygen atoms in total. The summed E-state index contributed by atoms with van der Waals surface area (Å²) in [5, 5.41) is 11.5. The molecular weight excluding hydrogens is 224 g/mol. The maximum absolute atomic E-state index is 11.0. The van der Waals surface area contributed by atoms with Crippen LogP contribution in [0.25, 0.3) is 0 Å². The van der Waals surface area contributed by atoms with E-state index in [9.17, 15) is 9.59 Å². The van der Waals surface area contributed by atoms with E-state index in [1.54, 1.807) is 6.07 Å². The smallest absolute Gasteiger partial charge is 0.325 e. The summed E-state index contributed by atoms with van der Waals surface area (Å²) < 4.78 is 5.05. The van der Waals surface area contributed by atoms with Gasteiger partial charge in [-0.15, -0.1) is 0 Å². The molecule has 0 heterocycles. The molecule has 0 radical (unpaired) electrons. The Morgan fingerprint density at radius 1 is 1.47 bits per heavy atom. The van der Waals surface area contributed by atoms with Gasteiger partial charge in [-0.2, -0.15) is 0 Å². The van der Waals surface area contributed by atoms with Crippen molar-refractivity contribution >= 4 is 17.6 Å². The van der Waals surface area contributed by atoms with Gasteiger partial charge < -0.3 is 20.9 Å². The number of nitrogens with two attached hydrogens (primary N) is 1. The van der Waals surface area contributed by atoms with E-state index < -0.39 is 17.9 Å². The van der Waals surface area contributed by atoms with Gasteiger partial charge in [-0.3, -0.25) is 9.59 Å². The molecule has 1 atom stereocenters. The van der Waals surface area contributed by atoms with Crippen molar-refractivity contribution in [2.24, 2.45) is 5.73 Å². The molecule has 6 heteroatoms. The van der Waals surface area contributed by atoms with Gasteiger partial charge >= 0.3 is 5.97 Å². The van der Waals surface area contributed by atoms with Crippen LogP contribution in [0.5, 0.6) is 5.75 Å². The highest BCUT2D eigenvalue weighted by Crippen LogP contribution is 2.26. The lowest BCUT2D eigenvalue weighted by Gasteiger charge is -2.14. The molecule has 1 amide bonds. The first kappa shape index (κ1) is 12.8. The number of anilines is 1. The van der Waals surface area contributed by atoms with Gasteiger partial charge in [0.1, 0.15) is 11.8 Å². The van der Waals surface area contributed by atoms with E-state index >= 15 is 0 Å². The van der Waals surface area contributed by atoms with Crippen molar-refractivity contribution in [3.8, 4) is 5.75 Å². The number of benzene rings is 1. The first-order valence-electron chi connectivity index (χ1n) is 4.93. The molecular formula is C11H14N2O4. The van der Waals surface area contributed by atoms with Crippen molar-refractivity contribution in [3.63, 3.8) is 0 Å². The van der Waals surface area contributed by atoms with Crippen molar-refractivity contribution in [1.29, 1.82) is 0 Å². The number of carbonyl (C=O) groups is 2. The number of ether oxygens (including phenoxy) is 1. The van der Waals surface area contributed by atoms with Gasteiger partial charge in [0, 0.05) is 5.56 Å². The second-order valence-corrected chi connectivity index (χ2v) is 3.48. The predicted octanol–water partition coefficient (Wildman–Crippen LogP) is 0.679. The minimum absolute atomic E-state index is 0.283. The molecule has 0 saturated carbocycles. The molecule has 1 aromatic rings. The number of hydrogen-bond acceptors (Lipinski definition) is 4. The molecule has 92 valence electrons. The monoisotopic (exact) mass is 238 g/mol. The van der Waals surface area contributed by atoms with Crippen LogP contribution in [0.4, 0.5) is 5.69 Å². The third-order valence-corrected chi connectivity index (χ3v) is 2.23. The topological polar surface area (TPSA) is 102 Å². The molecule has 0 aliphatic rings. The van der Waals surface area contributed by atoms with E-state index in [2.05, 4.69) is 5.32 Å². The van der Waals surface area contributed by atoms with Crippen LogP contribution >= 0.6 is 0 Å². The van der Waals surface area contributed by atoms with Crippen molar-refractivity contribution in [1.82, 2.24) is 0 Å². The average molecular weight is 238 g/mol. The lowest BCUT2D eigenvalue weighted by Crippen LogP contribution is -2.25. The van der Waals surface area contributed by atoms with Crippen LogP contribution in [0.3, 0.4) is 0 Å². The minimum Gasteiger partial charge on any atom is -0.495 e. The second-order valence-electron chi connectivity index (χ2n) is 3.48. The van der Waals surface area contributed by atoms with Crippen LogP contribution in [0, 0.1) is 0 Å². The van der Waals surface area contributed by atoms with Gasteiger partial charge in [0.05, 0.1) is 12.8 Å². The third-order valence-electron chi connectivity index (χ3n) is 2.23. The Morgan fingerprint density at radius 3 is 2.59 bits per heavy atom. The van der Waals surface area contributed by atoms with Gasteiger partial charge in [0.25, 0.3) is 0 Å². The number of nitrogens with one attached hydrogen (secondary N) is 1. The Kier molecular flexibility index (Phi) is 3.92. The van der Waals surface area contributed by atoms with Crippen LogP contribution in [0.2, 0.25) is 0 Å². The summed E-state index contributed by atoms with van der Waals surface area (Å²) >= 11 is 0. The van der Waals surface area contributed by atoms with Gasteiger partial charge in [0.2, 0.25) is 5.91 Å². The first-order valence-corrected chi connectivity index (χ1v) is 4.93. The van der Waals surface area contributed by atoms with Crippen LogP contribution in [-0.4, -0.2) is 30.1 Å². The van der Waals surface area contributed by atoms with Crippen molar-refractivity contribution in [2.75, 3.05) is 12.4 Å². The van der Waals surface area contributed by atoms with E-state index in [0.29, 0.717) is 11.4 Å². The molecule has 0 spiro atoms. The summed E-state index contributed by atoms with van der Waals surface area (Å²) in [4.78, 5) is 21.7. The lowest BCUT2D eigenvalue weighted by molar-refractivity contribution is -0.137. The van der Waals surface area contributed by atoms with E-state index in [1.165, 1.54) is 26.2 Å². The number of carboxylic acid groups (broad SMARTS) is 1. The van der Waals surface area contributed by atoms with E-state index in [4.69, 9.17) is 15.6 Å². The normalized spacial score (nSPS) is 11.6. The highest BCUT2D eigenvalue weighted by Gasteiger charge is 2.14. The number of aliphatic carboxylic acids is 1. The van der Waals surface area contributed by atoms with Gasteiger partial charge in [-0.25, -0.2) is 0 Å².